The first kappa shape index (κ1) is 12.1. The van der Waals surface area contributed by atoms with E-state index < -0.39 is 0 Å². The number of nitrogens with one attached hydrogen (secondary N) is 1. The Morgan fingerprint density at radius 3 is 2.76 bits per heavy atom. The monoisotopic (exact) mass is 310 g/mol. The van der Waals surface area contributed by atoms with E-state index in [1.165, 1.54) is 6.20 Å². The van der Waals surface area contributed by atoms with Crippen LogP contribution in [0, 0.1) is 0 Å². The molecule has 0 saturated carbocycles. The maximum absolute atomic E-state index is 12.0. The molecule has 5 heteroatoms. The van der Waals surface area contributed by atoms with Crippen molar-refractivity contribution >= 4 is 39.1 Å². The lowest BCUT2D eigenvalue weighted by atomic mass is 10.2. The van der Waals surface area contributed by atoms with Gasteiger partial charge in [-0.15, -0.1) is 0 Å². The van der Waals surface area contributed by atoms with E-state index in [1.807, 2.05) is 6.07 Å². The Kier molecular flexibility index (Phi) is 3.76. The van der Waals surface area contributed by atoms with Crippen molar-refractivity contribution in [3.05, 3.63) is 57.8 Å². The molecule has 0 aliphatic carbocycles. The number of rotatable bonds is 2. The Morgan fingerprint density at radius 1 is 1.29 bits per heavy atom. The van der Waals surface area contributed by atoms with Crippen LogP contribution < -0.4 is 5.32 Å². The molecule has 0 radical (unpaired) electrons. The maximum atomic E-state index is 12.0. The molecule has 0 saturated heterocycles. The van der Waals surface area contributed by atoms with Crippen molar-refractivity contribution in [1.29, 1.82) is 0 Å². The normalized spacial score (nSPS) is 10.0. The van der Waals surface area contributed by atoms with Crippen LogP contribution in [0.25, 0.3) is 0 Å². The van der Waals surface area contributed by atoms with Gasteiger partial charge in [-0.1, -0.05) is 23.7 Å². The quantitative estimate of drug-likeness (QED) is 0.918. The third kappa shape index (κ3) is 2.84. The van der Waals surface area contributed by atoms with Crippen molar-refractivity contribution in [1.82, 2.24) is 4.98 Å². The summed E-state index contributed by atoms with van der Waals surface area (Å²) in [6, 6.07) is 8.79. The number of nitrogens with zero attached hydrogens (tertiary/aromatic N) is 1. The van der Waals surface area contributed by atoms with Crippen molar-refractivity contribution in [2.24, 2.45) is 0 Å². The van der Waals surface area contributed by atoms with Crippen LogP contribution in [0.15, 0.2) is 47.2 Å². The van der Waals surface area contributed by atoms with Crippen LogP contribution in [0.5, 0.6) is 0 Å². The third-order valence-corrected chi connectivity index (χ3v) is 3.16. The number of carbonyl (C=O) groups is 1. The minimum atomic E-state index is -0.229. The number of pyridine rings is 1. The largest absolute Gasteiger partial charge is 0.319 e. The lowest BCUT2D eigenvalue weighted by Gasteiger charge is -2.07. The average Bonchev–Trinajstić information content (AvgIpc) is 2.32. The molecule has 0 aliphatic heterocycles. The molecule has 1 amide bonds. The summed E-state index contributed by atoms with van der Waals surface area (Å²) in [7, 11) is 0. The molecule has 86 valence electrons. The van der Waals surface area contributed by atoms with E-state index in [9.17, 15) is 4.79 Å². The maximum Gasteiger partial charge on any atom is 0.256 e. The zero-order valence-electron chi connectivity index (χ0n) is 8.65. The van der Waals surface area contributed by atoms with Crippen LogP contribution in [0.3, 0.4) is 0 Å². The van der Waals surface area contributed by atoms with Gasteiger partial charge in [-0.25, -0.2) is 0 Å². The first-order valence-electron chi connectivity index (χ1n) is 4.84. The molecule has 1 N–H and O–H groups in total. The summed E-state index contributed by atoms with van der Waals surface area (Å²) in [4.78, 5) is 15.9. The van der Waals surface area contributed by atoms with Crippen molar-refractivity contribution < 1.29 is 4.79 Å². The number of anilines is 1. The number of hydrogen-bond acceptors (Lipinski definition) is 2. The lowest BCUT2D eigenvalue weighted by molar-refractivity contribution is 0.102. The lowest BCUT2D eigenvalue weighted by Crippen LogP contribution is -2.12. The van der Waals surface area contributed by atoms with Crippen LogP contribution in [-0.2, 0) is 0 Å². The zero-order valence-corrected chi connectivity index (χ0v) is 11.0. The first-order valence-corrected chi connectivity index (χ1v) is 6.01. The second-order valence-electron chi connectivity index (χ2n) is 3.29. The zero-order chi connectivity index (χ0) is 12.3. The number of hydrogen-bond donors (Lipinski definition) is 1. The van der Waals surface area contributed by atoms with Gasteiger partial charge in [0.2, 0.25) is 0 Å². The van der Waals surface area contributed by atoms with Crippen LogP contribution in [0.1, 0.15) is 10.4 Å². The Bertz CT molecular complexity index is 560. The van der Waals surface area contributed by atoms with Gasteiger partial charge in [0.1, 0.15) is 0 Å². The summed E-state index contributed by atoms with van der Waals surface area (Å²) in [5.41, 5.74) is 1.04. The highest BCUT2D eigenvalue weighted by Gasteiger charge is 2.10. The fourth-order valence-corrected chi connectivity index (χ4v) is 1.92. The molecule has 0 bridgehead atoms. The Balaban J connectivity index is 2.24. The van der Waals surface area contributed by atoms with Crippen molar-refractivity contribution in [3.8, 4) is 0 Å². The van der Waals surface area contributed by atoms with Gasteiger partial charge < -0.3 is 5.32 Å². The average molecular weight is 312 g/mol. The fourth-order valence-electron chi connectivity index (χ4n) is 1.30. The highest BCUT2D eigenvalue weighted by atomic mass is 79.9. The molecule has 2 aromatic rings. The van der Waals surface area contributed by atoms with Crippen molar-refractivity contribution in [2.45, 2.75) is 0 Å². The van der Waals surface area contributed by atoms with Gasteiger partial charge in [0.15, 0.2) is 0 Å². The van der Waals surface area contributed by atoms with E-state index in [4.69, 9.17) is 11.6 Å². The molecule has 3 nitrogen and oxygen atoms in total. The molecule has 0 unspecified atom stereocenters. The molecule has 17 heavy (non-hydrogen) atoms. The summed E-state index contributed by atoms with van der Waals surface area (Å²) in [5.74, 6) is -0.229. The summed E-state index contributed by atoms with van der Waals surface area (Å²) < 4.78 is 0.734. The second kappa shape index (κ2) is 5.29. The van der Waals surface area contributed by atoms with Gasteiger partial charge in [-0.05, 0) is 34.1 Å². The SMILES string of the molecule is O=C(Nc1cnccc1Cl)c1ccccc1Br. The number of amides is 1. The minimum absolute atomic E-state index is 0.229. The smallest absolute Gasteiger partial charge is 0.256 e. The van der Waals surface area contributed by atoms with E-state index in [2.05, 4.69) is 26.2 Å². The number of benzene rings is 1. The van der Waals surface area contributed by atoms with Crippen molar-refractivity contribution in [2.75, 3.05) is 5.32 Å². The molecule has 0 atom stereocenters. The van der Waals surface area contributed by atoms with E-state index >= 15 is 0 Å². The van der Waals surface area contributed by atoms with E-state index in [0.29, 0.717) is 16.3 Å². The van der Waals surface area contributed by atoms with Crippen LogP contribution >= 0.6 is 27.5 Å². The Hall–Kier alpha value is -1.39. The molecule has 1 heterocycles. The van der Waals surface area contributed by atoms with Gasteiger partial charge in [0, 0.05) is 10.7 Å². The Labute approximate surface area is 112 Å². The predicted molar refractivity (Wildman–Crippen MR) is 71.3 cm³/mol. The van der Waals surface area contributed by atoms with Crippen LogP contribution in [0.4, 0.5) is 5.69 Å². The standard InChI is InChI=1S/C12H8BrClN2O/c13-9-4-2-1-3-8(9)12(17)16-11-7-15-6-5-10(11)14/h1-7H,(H,16,17). The minimum Gasteiger partial charge on any atom is -0.319 e. The van der Waals surface area contributed by atoms with E-state index in [1.54, 1.807) is 30.5 Å². The predicted octanol–water partition coefficient (Wildman–Crippen LogP) is 3.75. The van der Waals surface area contributed by atoms with Gasteiger partial charge in [0.25, 0.3) is 5.91 Å². The summed E-state index contributed by atoms with van der Waals surface area (Å²) in [5, 5.41) is 3.16. The summed E-state index contributed by atoms with van der Waals surface area (Å²) in [6.45, 7) is 0. The summed E-state index contributed by atoms with van der Waals surface area (Å²) >= 11 is 9.25. The highest BCUT2D eigenvalue weighted by molar-refractivity contribution is 9.10. The number of carbonyl (C=O) groups excluding carboxylic acids is 1. The van der Waals surface area contributed by atoms with Gasteiger partial charge >= 0.3 is 0 Å². The molecule has 1 aromatic heterocycles. The van der Waals surface area contributed by atoms with E-state index in [-0.39, 0.29) is 5.91 Å². The molecule has 2 rings (SSSR count). The van der Waals surface area contributed by atoms with Gasteiger partial charge in [0.05, 0.1) is 22.5 Å². The molecule has 0 fully saturated rings. The molecular formula is C12H8BrClN2O. The van der Waals surface area contributed by atoms with Gasteiger partial charge in [-0.2, -0.15) is 0 Å². The fraction of sp³-hybridized carbons (Fsp3) is 0. The summed E-state index contributed by atoms with van der Waals surface area (Å²) in [6.07, 6.45) is 3.08. The topological polar surface area (TPSA) is 42.0 Å². The second-order valence-corrected chi connectivity index (χ2v) is 4.55. The molecular weight excluding hydrogens is 304 g/mol. The number of halogens is 2. The number of aromatic nitrogens is 1. The molecule has 0 aliphatic rings. The highest BCUT2D eigenvalue weighted by Crippen LogP contribution is 2.22. The van der Waals surface area contributed by atoms with Crippen LogP contribution in [0.2, 0.25) is 5.02 Å². The molecule has 0 spiro atoms. The molecule has 1 aromatic carbocycles. The van der Waals surface area contributed by atoms with Crippen molar-refractivity contribution in [3.63, 3.8) is 0 Å². The van der Waals surface area contributed by atoms with Gasteiger partial charge in [-0.3, -0.25) is 9.78 Å². The Morgan fingerprint density at radius 2 is 2.06 bits per heavy atom. The van der Waals surface area contributed by atoms with E-state index in [0.717, 1.165) is 4.47 Å². The van der Waals surface area contributed by atoms with Crippen LogP contribution in [-0.4, -0.2) is 10.9 Å². The third-order valence-electron chi connectivity index (χ3n) is 2.13. The first-order chi connectivity index (χ1) is 8.18.